The van der Waals surface area contributed by atoms with Gasteiger partial charge in [-0.15, -0.1) is 0 Å². The van der Waals surface area contributed by atoms with Gasteiger partial charge in [0.25, 0.3) is 0 Å². The molecule has 1 atom stereocenters. The molecular formula is C14H22N2O. The van der Waals surface area contributed by atoms with Gasteiger partial charge < -0.3 is 10.8 Å². The van der Waals surface area contributed by atoms with Crippen LogP contribution in [0.2, 0.25) is 0 Å². The molecular weight excluding hydrogens is 212 g/mol. The number of pyridine rings is 1. The number of rotatable bonds is 2. The van der Waals surface area contributed by atoms with Gasteiger partial charge in [0.15, 0.2) is 0 Å². The summed E-state index contributed by atoms with van der Waals surface area (Å²) in [5, 5.41) is 10.9. The van der Waals surface area contributed by atoms with Crippen LogP contribution in [0.15, 0.2) is 18.3 Å². The highest BCUT2D eigenvalue weighted by Gasteiger charge is 2.45. The third kappa shape index (κ3) is 2.29. The fourth-order valence-electron chi connectivity index (χ4n) is 2.80. The van der Waals surface area contributed by atoms with Crippen molar-refractivity contribution in [3.63, 3.8) is 0 Å². The summed E-state index contributed by atoms with van der Waals surface area (Å²) >= 11 is 0. The molecule has 0 amide bonds. The van der Waals surface area contributed by atoms with E-state index in [0.717, 1.165) is 24.8 Å². The van der Waals surface area contributed by atoms with Crippen LogP contribution >= 0.6 is 0 Å². The van der Waals surface area contributed by atoms with Gasteiger partial charge in [-0.25, -0.2) is 4.98 Å². The molecule has 0 saturated heterocycles. The number of hydrogen-bond acceptors (Lipinski definition) is 3. The molecule has 1 aliphatic rings. The summed E-state index contributed by atoms with van der Waals surface area (Å²) in [6.45, 7) is 4.30. The zero-order chi connectivity index (χ0) is 12.5. The van der Waals surface area contributed by atoms with Crippen LogP contribution in [0.25, 0.3) is 0 Å². The summed E-state index contributed by atoms with van der Waals surface area (Å²) in [5.74, 6) is 0.544. The largest absolute Gasteiger partial charge is 0.389 e. The van der Waals surface area contributed by atoms with Gasteiger partial charge in [-0.1, -0.05) is 32.8 Å². The Hall–Kier alpha value is -1.09. The lowest BCUT2D eigenvalue weighted by Gasteiger charge is -2.46. The maximum absolute atomic E-state index is 10.9. The van der Waals surface area contributed by atoms with Crippen LogP contribution in [0.3, 0.4) is 0 Å². The monoisotopic (exact) mass is 234 g/mol. The first kappa shape index (κ1) is 12.4. The van der Waals surface area contributed by atoms with E-state index in [9.17, 15) is 5.11 Å². The number of anilines is 1. The lowest BCUT2D eigenvalue weighted by molar-refractivity contribution is -0.0957. The van der Waals surface area contributed by atoms with E-state index >= 15 is 0 Å². The van der Waals surface area contributed by atoms with Gasteiger partial charge in [-0.3, -0.25) is 0 Å². The van der Waals surface area contributed by atoms with Crippen LogP contribution in [0, 0.1) is 5.41 Å². The van der Waals surface area contributed by atoms with E-state index in [-0.39, 0.29) is 5.41 Å². The quantitative estimate of drug-likeness (QED) is 0.826. The minimum absolute atomic E-state index is 0.0481. The molecule has 2 rings (SSSR count). The van der Waals surface area contributed by atoms with Crippen LogP contribution in [0.5, 0.6) is 0 Å². The number of nitrogens with two attached hydrogens (primary N) is 1. The highest BCUT2D eigenvalue weighted by Crippen LogP contribution is 2.45. The van der Waals surface area contributed by atoms with Crippen molar-refractivity contribution in [3.05, 3.63) is 23.9 Å². The summed E-state index contributed by atoms with van der Waals surface area (Å²) in [7, 11) is 0. The lowest BCUT2D eigenvalue weighted by Crippen LogP contribution is -2.48. The Morgan fingerprint density at radius 3 is 2.71 bits per heavy atom. The third-order valence-electron chi connectivity index (χ3n) is 4.31. The van der Waals surface area contributed by atoms with Crippen molar-refractivity contribution in [1.82, 2.24) is 4.98 Å². The van der Waals surface area contributed by atoms with Crippen molar-refractivity contribution in [2.45, 2.75) is 51.6 Å². The highest BCUT2D eigenvalue weighted by atomic mass is 16.3. The number of nitrogens with zero attached hydrogens (tertiary/aromatic N) is 1. The van der Waals surface area contributed by atoms with Gasteiger partial charge in [0.2, 0.25) is 0 Å². The van der Waals surface area contributed by atoms with E-state index in [1.165, 1.54) is 6.42 Å². The van der Waals surface area contributed by atoms with Gasteiger partial charge >= 0.3 is 0 Å². The second-order valence-electron chi connectivity index (χ2n) is 5.85. The van der Waals surface area contributed by atoms with Crippen molar-refractivity contribution in [3.8, 4) is 0 Å². The normalized spacial score (nSPS) is 27.9. The summed E-state index contributed by atoms with van der Waals surface area (Å²) in [5.41, 5.74) is 6.13. The zero-order valence-corrected chi connectivity index (χ0v) is 10.7. The first-order valence-electron chi connectivity index (χ1n) is 6.36. The number of nitrogen functional groups attached to an aromatic ring is 1. The minimum atomic E-state index is -0.650. The molecule has 1 fully saturated rings. The predicted molar refractivity (Wildman–Crippen MR) is 69.6 cm³/mol. The molecule has 1 aliphatic carbocycles. The fourth-order valence-corrected chi connectivity index (χ4v) is 2.80. The topological polar surface area (TPSA) is 59.1 Å². The first-order chi connectivity index (χ1) is 7.95. The molecule has 1 unspecified atom stereocenters. The summed E-state index contributed by atoms with van der Waals surface area (Å²) in [6, 6.07) is 3.84. The van der Waals surface area contributed by atoms with Gasteiger partial charge in [0.1, 0.15) is 5.82 Å². The van der Waals surface area contributed by atoms with E-state index in [1.54, 1.807) is 6.20 Å². The van der Waals surface area contributed by atoms with E-state index in [0.29, 0.717) is 12.2 Å². The van der Waals surface area contributed by atoms with Crippen molar-refractivity contribution in [2.24, 2.45) is 5.41 Å². The Bertz CT molecular complexity index is 403. The minimum Gasteiger partial charge on any atom is -0.389 e. The number of aromatic nitrogens is 1. The third-order valence-corrected chi connectivity index (χ3v) is 4.31. The summed E-state index contributed by atoms with van der Waals surface area (Å²) in [6.07, 6.45) is 6.53. The molecule has 0 radical (unpaired) electrons. The first-order valence-corrected chi connectivity index (χ1v) is 6.36. The standard InChI is InChI=1S/C14H22N2O/c1-13(2)7-3-4-8-14(13,17)10-11-6-5-9-16-12(11)15/h5-6,9,17H,3-4,7-8,10H2,1-2H3,(H2,15,16). The Labute approximate surface area is 103 Å². The molecule has 1 saturated carbocycles. The molecule has 3 nitrogen and oxygen atoms in total. The molecule has 0 bridgehead atoms. The van der Waals surface area contributed by atoms with E-state index in [4.69, 9.17) is 5.73 Å². The SMILES string of the molecule is CC1(C)CCCCC1(O)Cc1cccnc1N. The second kappa shape index (κ2) is 4.30. The molecule has 1 aromatic rings. The molecule has 1 aromatic heterocycles. The van der Waals surface area contributed by atoms with Gasteiger partial charge in [-0.05, 0) is 29.9 Å². The molecule has 3 heteroatoms. The average Bonchev–Trinajstić information content (AvgIpc) is 2.26. The number of hydrogen-bond donors (Lipinski definition) is 2. The average molecular weight is 234 g/mol. The summed E-state index contributed by atoms with van der Waals surface area (Å²) < 4.78 is 0. The highest BCUT2D eigenvalue weighted by molar-refractivity contribution is 5.39. The molecule has 0 aromatic carbocycles. The molecule has 0 spiro atoms. The Kier molecular flexibility index (Phi) is 3.13. The van der Waals surface area contributed by atoms with Crippen molar-refractivity contribution in [1.29, 1.82) is 0 Å². The Morgan fingerprint density at radius 2 is 2.06 bits per heavy atom. The smallest absolute Gasteiger partial charge is 0.126 e. The molecule has 0 aliphatic heterocycles. The van der Waals surface area contributed by atoms with Crippen LogP contribution in [-0.2, 0) is 6.42 Å². The van der Waals surface area contributed by atoms with Gasteiger partial charge in [0.05, 0.1) is 5.60 Å². The fraction of sp³-hybridized carbons (Fsp3) is 0.643. The molecule has 3 N–H and O–H groups in total. The molecule has 94 valence electrons. The number of aliphatic hydroxyl groups is 1. The van der Waals surface area contributed by atoms with Crippen molar-refractivity contribution in [2.75, 3.05) is 5.73 Å². The van der Waals surface area contributed by atoms with Crippen LogP contribution in [0.4, 0.5) is 5.82 Å². The maximum Gasteiger partial charge on any atom is 0.126 e. The van der Waals surface area contributed by atoms with E-state index in [2.05, 4.69) is 18.8 Å². The lowest BCUT2D eigenvalue weighted by atomic mass is 9.63. The Morgan fingerprint density at radius 1 is 1.35 bits per heavy atom. The van der Waals surface area contributed by atoms with E-state index < -0.39 is 5.60 Å². The van der Waals surface area contributed by atoms with Crippen LogP contribution in [0.1, 0.15) is 45.1 Å². The molecule has 17 heavy (non-hydrogen) atoms. The van der Waals surface area contributed by atoms with Crippen molar-refractivity contribution < 1.29 is 5.11 Å². The van der Waals surface area contributed by atoms with Gasteiger partial charge in [0, 0.05) is 12.6 Å². The van der Waals surface area contributed by atoms with Crippen LogP contribution in [-0.4, -0.2) is 15.7 Å². The summed E-state index contributed by atoms with van der Waals surface area (Å²) in [4.78, 5) is 4.09. The second-order valence-corrected chi connectivity index (χ2v) is 5.85. The van der Waals surface area contributed by atoms with E-state index in [1.807, 2.05) is 12.1 Å². The predicted octanol–water partition coefficient (Wildman–Crippen LogP) is 2.54. The zero-order valence-electron chi connectivity index (χ0n) is 10.7. The van der Waals surface area contributed by atoms with Gasteiger partial charge in [-0.2, -0.15) is 0 Å². The maximum atomic E-state index is 10.9. The van der Waals surface area contributed by atoms with Crippen LogP contribution < -0.4 is 5.73 Å². The Balaban J connectivity index is 2.24. The molecule has 1 heterocycles. The van der Waals surface area contributed by atoms with Crippen molar-refractivity contribution >= 4 is 5.82 Å².